The lowest BCUT2D eigenvalue weighted by atomic mass is 10.1. The normalized spacial score (nSPS) is 10.3. The summed E-state index contributed by atoms with van der Waals surface area (Å²) in [6.07, 6.45) is 0. The van der Waals surface area contributed by atoms with Crippen LogP contribution in [0, 0.1) is 0 Å². The van der Waals surface area contributed by atoms with E-state index >= 15 is 0 Å². The lowest BCUT2D eigenvalue weighted by molar-refractivity contribution is 0.0953. The van der Waals surface area contributed by atoms with E-state index in [2.05, 4.69) is 33.5 Å². The molecule has 0 aliphatic carbocycles. The molecule has 104 valence electrons. The summed E-state index contributed by atoms with van der Waals surface area (Å²) in [4.78, 5) is 11.4. The molecule has 0 aliphatic rings. The van der Waals surface area contributed by atoms with Crippen molar-refractivity contribution in [3.8, 4) is 0 Å². The Balaban J connectivity index is 1.95. The van der Waals surface area contributed by atoms with Crippen LogP contribution in [0.3, 0.4) is 0 Å². The molecule has 0 aliphatic heterocycles. The summed E-state index contributed by atoms with van der Waals surface area (Å²) in [6, 6.07) is 15.9. The maximum Gasteiger partial charge on any atom is 0.265 e. The summed E-state index contributed by atoms with van der Waals surface area (Å²) in [5.41, 5.74) is 5.16. The molecular formula is C15H15BrN2OS. The van der Waals surface area contributed by atoms with Crippen LogP contribution in [0.15, 0.2) is 53.0 Å². The Morgan fingerprint density at radius 3 is 2.55 bits per heavy atom. The van der Waals surface area contributed by atoms with Crippen LogP contribution in [-0.4, -0.2) is 5.91 Å². The fraction of sp³-hybridized carbons (Fsp3) is 0.133. The molecule has 20 heavy (non-hydrogen) atoms. The van der Waals surface area contributed by atoms with Crippen molar-refractivity contribution in [2.24, 2.45) is 5.84 Å². The molecule has 0 saturated carbocycles. The quantitative estimate of drug-likeness (QED) is 0.493. The molecule has 1 amide bonds. The summed E-state index contributed by atoms with van der Waals surface area (Å²) in [5, 5.41) is 0. The van der Waals surface area contributed by atoms with Gasteiger partial charge >= 0.3 is 0 Å². The Hall–Kier alpha value is -1.30. The molecule has 0 radical (unpaired) electrons. The van der Waals surface area contributed by atoms with Crippen molar-refractivity contribution in [3.05, 3.63) is 69.7 Å². The minimum atomic E-state index is -0.283. The van der Waals surface area contributed by atoms with Crippen molar-refractivity contribution >= 4 is 33.6 Å². The molecule has 5 heteroatoms. The highest BCUT2D eigenvalue weighted by molar-refractivity contribution is 9.10. The van der Waals surface area contributed by atoms with E-state index in [-0.39, 0.29) is 5.91 Å². The smallest absolute Gasteiger partial charge is 0.265 e. The Kier molecular flexibility index (Phi) is 5.64. The predicted octanol–water partition coefficient (Wildman–Crippen LogP) is 3.49. The lowest BCUT2D eigenvalue weighted by Gasteiger charge is -2.07. The van der Waals surface area contributed by atoms with Gasteiger partial charge in [-0.15, -0.1) is 0 Å². The second kappa shape index (κ2) is 7.47. The Bertz CT molecular complexity index is 590. The van der Waals surface area contributed by atoms with Gasteiger partial charge in [-0.1, -0.05) is 52.3 Å². The molecule has 2 rings (SSSR count). The first-order valence-electron chi connectivity index (χ1n) is 6.11. The Morgan fingerprint density at radius 2 is 1.90 bits per heavy atom. The van der Waals surface area contributed by atoms with Gasteiger partial charge in [0.05, 0.1) is 0 Å². The SMILES string of the molecule is NNC(=O)c1ccc(CSCc2ccccc2)c(Br)c1. The van der Waals surface area contributed by atoms with Crippen molar-refractivity contribution in [3.63, 3.8) is 0 Å². The molecule has 3 nitrogen and oxygen atoms in total. The fourth-order valence-electron chi connectivity index (χ4n) is 1.74. The monoisotopic (exact) mass is 350 g/mol. The largest absolute Gasteiger partial charge is 0.290 e. The molecular weight excluding hydrogens is 336 g/mol. The summed E-state index contributed by atoms with van der Waals surface area (Å²) in [5.74, 6) is 6.69. The number of carbonyl (C=O) groups excluding carboxylic acids is 1. The number of benzene rings is 2. The van der Waals surface area contributed by atoms with Gasteiger partial charge in [-0.05, 0) is 23.3 Å². The van der Waals surface area contributed by atoms with Gasteiger partial charge in [0.2, 0.25) is 0 Å². The highest BCUT2D eigenvalue weighted by Crippen LogP contribution is 2.25. The van der Waals surface area contributed by atoms with Gasteiger partial charge in [-0.2, -0.15) is 11.8 Å². The molecule has 0 atom stereocenters. The number of hydrogen-bond acceptors (Lipinski definition) is 3. The second-order valence-electron chi connectivity index (χ2n) is 4.26. The lowest BCUT2D eigenvalue weighted by Crippen LogP contribution is -2.29. The third-order valence-corrected chi connectivity index (χ3v) is 4.61. The van der Waals surface area contributed by atoms with E-state index in [1.807, 2.05) is 36.0 Å². The molecule has 0 fully saturated rings. The van der Waals surface area contributed by atoms with Crippen molar-refractivity contribution < 1.29 is 4.79 Å². The highest BCUT2D eigenvalue weighted by Gasteiger charge is 2.07. The average Bonchev–Trinajstić information content (AvgIpc) is 2.49. The van der Waals surface area contributed by atoms with E-state index < -0.39 is 0 Å². The number of hydrazine groups is 1. The summed E-state index contributed by atoms with van der Waals surface area (Å²) in [7, 11) is 0. The van der Waals surface area contributed by atoms with Gasteiger partial charge in [0, 0.05) is 21.5 Å². The number of rotatable bonds is 5. The van der Waals surface area contributed by atoms with Gasteiger partial charge in [0.15, 0.2) is 0 Å². The predicted molar refractivity (Wildman–Crippen MR) is 87.2 cm³/mol. The van der Waals surface area contributed by atoms with Crippen molar-refractivity contribution in [2.75, 3.05) is 0 Å². The van der Waals surface area contributed by atoms with E-state index in [1.54, 1.807) is 12.1 Å². The molecule has 0 heterocycles. The van der Waals surface area contributed by atoms with Crippen LogP contribution < -0.4 is 11.3 Å². The van der Waals surface area contributed by atoms with Gasteiger partial charge in [-0.25, -0.2) is 5.84 Å². The second-order valence-corrected chi connectivity index (χ2v) is 6.10. The third kappa shape index (κ3) is 4.10. The molecule has 0 unspecified atom stereocenters. The standard InChI is InChI=1S/C15H15BrN2OS/c16-14-8-12(15(19)18-17)6-7-13(14)10-20-9-11-4-2-1-3-5-11/h1-8H,9-10,17H2,(H,18,19). The van der Waals surface area contributed by atoms with E-state index in [0.29, 0.717) is 5.56 Å². The number of thioether (sulfide) groups is 1. The van der Waals surface area contributed by atoms with Gasteiger partial charge < -0.3 is 0 Å². The first-order chi connectivity index (χ1) is 9.70. The fourth-order valence-corrected chi connectivity index (χ4v) is 3.45. The topological polar surface area (TPSA) is 55.1 Å². The molecule has 0 saturated heterocycles. The summed E-state index contributed by atoms with van der Waals surface area (Å²) >= 11 is 5.34. The van der Waals surface area contributed by atoms with E-state index in [0.717, 1.165) is 16.0 Å². The Morgan fingerprint density at radius 1 is 1.15 bits per heavy atom. The van der Waals surface area contributed by atoms with Crippen LogP contribution in [0.2, 0.25) is 0 Å². The van der Waals surface area contributed by atoms with Crippen LogP contribution in [0.1, 0.15) is 21.5 Å². The highest BCUT2D eigenvalue weighted by atomic mass is 79.9. The number of halogens is 1. The average molecular weight is 351 g/mol. The van der Waals surface area contributed by atoms with Crippen molar-refractivity contribution in [1.82, 2.24) is 5.43 Å². The number of nitrogens with one attached hydrogen (secondary N) is 1. The maximum atomic E-state index is 11.4. The first-order valence-corrected chi connectivity index (χ1v) is 8.06. The molecule has 2 aromatic rings. The number of amides is 1. The van der Waals surface area contributed by atoms with Crippen LogP contribution in [-0.2, 0) is 11.5 Å². The zero-order valence-corrected chi connectivity index (χ0v) is 13.2. The minimum Gasteiger partial charge on any atom is -0.290 e. The third-order valence-electron chi connectivity index (χ3n) is 2.82. The number of nitrogens with two attached hydrogens (primary N) is 1. The maximum absolute atomic E-state index is 11.4. The van der Waals surface area contributed by atoms with Gasteiger partial charge in [0.1, 0.15) is 0 Å². The number of nitrogen functional groups attached to an aromatic ring is 1. The van der Waals surface area contributed by atoms with Gasteiger partial charge in [0.25, 0.3) is 5.91 Å². The summed E-state index contributed by atoms with van der Waals surface area (Å²) < 4.78 is 0.930. The van der Waals surface area contributed by atoms with Gasteiger partial charge in [-0.3, -0.25) is 10.2 Å². The van der Waals surface area contributed by atoms with Crippen LogP contribution in [0.4, 0.5) is 0 Å². The molecule has 0 spiro atoms. The van der Waals surface area contributed by atoms with Crippen LogP contribution >= 0.6 is 27.7 Å². The Labute approximate surface area is 131 Å². The summed E-state index contributed by atoms with van der Waals surface area (Å²) in [6.45, 7) is 0. The van der Waals surface area contributed by atoms with Crippen molar-refractivity contribution in [1.29, 1.82) is 0 Å². The molecule has 2 aromatic carbocycles. The number of carbonyl (C=O) groups is 1. The first kappa shape index (κ1) is 15.1. The van der Waals surface area contributed by atoms with Crippen LogP contribution in [0.5, 0.6) is 0 Å². The number of hydrogen-bond donors (Lipinski definition) is 2. The zero-order chi connectivity index (χ0) is 14.4. The minimum absolute atomic E-state index is 0.283. The van der Waals surface area contributed by atoms with Crippen LogP contribution in [0.25, 0.3) is 0 Å². The molecule has 0 bridgehead atoms. The van der Waals surface area contributed by atoms with E-state index in [9.17, 15) is 4.79 Å². The van der Waals surface area contributed by atoms with Crippen molar-refractivity contribution in [2.45, 2.75) is 11.5 Å². The molecule has 3 N–H and O–H groups in total. The van der Waals surface area contributed by atoms with E-state index in [1.165, 1.54) is 11.1 Å². The molecule has 0 aromatic heterocycles. The zero-order valence-electron chi connectivity index (χ0n) is 10.8. The van der Waals surface area contributed by atoms with E-state index in [4.69, 9.17) is 5.84 Å².